The molecule has 0 radical (unpaired) electrons. The second-order valence-electron chi connectivity index (χ2n) is 17.4. The van der Waals surface area contributed by atoms with Gasteiger partial charge in [0.1, 0.15) is 0 Å². The minimum atomic E-state index is -0.466. The SMILES string of the molecule is c1ccc(-c2nc(-c3ccccc3)nc(-c3ccc(-c4cccc5c6ccccc6c6cc(-c7ccc8c(c7)C(c7ccccc7)(c7ccccc7)c7ccccc7-8)ccc6c45)cc3)n2)cc1. The Morgan fingerprint density at radius 3 is 1.28 bits per heavy atom. The molecule has 13 rings (SSSR count). The number of fused-ring (bicyclic) bond motifs is 9. The molecule has 0 fully saturated rings. The molecule has 1 aliphatic rings. The summed E-state index contributed by atoms with van der Waals surface area (Å²) in [4.78, 5) is 14.9. The summed E-state index contributed by atoms with van der Waals surface area (Å²) in [7, 11) is 0. The first-order valence-corrected chi connectivity index (χ1v) is 22.9. The minimum absolute atomic E-state index is 0.466. The molecular formula is C64H41N3. The van der Waals surface area contributed by atoms with Crippen molar-refractivity contribution in [2.24, 2.45) is 0 Å². The number of aromatic nitrogens is 3. The third kappa shape index (κ3) is 6.24. The predicted molar refractivity (Wildman–Crippen MR) is 277 cm³/mol. The molecule has 11 aromatic carbocycles. The molecule has 0 spiro atoms. The van der Waals surface area contributed by atoms with Crippen LogP contribution >= 0.6 is 0 Å². The molecule has 0 bridgehead atoms. The summed E-state index contributed by atoms with van der Waals surface area (Å²) >= 11 is 0. The van der Waals surface area contributed by atoms with E-state index in [2.05, 4.69) is 188 Å². The zero-order valence-electron chi connectivity index (χ0n) is 36.5. The van der Waals surface area contributed by atoms with Crippen molar-refractivity contribution in [2.45, 2.75) is 5.41 Å². The van der Waals surface area contributed by atoms with Gasteiger partial charge in [-0.15, -0.1) is 0 Å². The fourth-order valence-corrected chi connectivity index (χ4v) is 10.8. The lowest BCUT2D eigenvalue weighted by Crippen LogP contribution is -2.28. The molecule has 312 valence electrons. The van der Waals surface area contributed by atoms with Gasteiger partial charge in [0.25, 0.3) is 0 Å². The second kappa shape index (κ2) is 15.7. The third-order valence-electron chi connectivity index (χ3n) is 13.8. The van der Waals surface area contributed by atoms with E-state index in [9.17, 15) is 0 Å². The van der Waals surface area contributed by atoms with E-state index in [-0.39, 0.29) is 0 Å². The molecule has 3 nitrogen and oxygen atoms in total. The Balaban J connectivity index is 0.959. The highest BCUT2D eigenvalue weighted by molar-refractivity contribution is 6.28. The predicted octanol–water partition coefficient (Wildman–Crippen LogP) is 16.0. The normalized spacial score (nSPS) is 12.6. The molecule has 0 aliphatic heterocycles. The summed E-state index contributed by atoms with van der Waals surface area (Å²) in [5.74, 6) is 1.94. The van der Waals surface area contributed by atoms with Crippen molar-refractivity contribution in [1.29, 1.82) is 0 Å². The van der Waals surface area contributed by atoms with Gasteiger partial charge in [0.15, 0.2) is 17.5 Å². The van der Waals surface area contributed by atoms with Crippen LogP contribution in [0.15, 0.2) is 249 Å². The highest BCUT2D eigenvalue weighted by Crippen LogP contribution is 2.57. The largest absolute Gasteiger partial charge is 0.208 e. The molecule has 1 aromatic heterocycles. The van der Waals surface area contributed by atoms with E-state index in [4.69, 9.17) is 15.0 Å². The Labute approximate surface area is 389 Å². The summed E-state index contributed by atoms with van der Waals surface area (Å²) in [6.07, 6.45) is 0. The molecule has 67 heavy (non-hydrogen) atoms. The monoisotopic (exact) mass is 851 g/mol. The van der Waals surface area contributed by atoms with Crippen molar-refractivity contribution in [3.05, 3.63) is 271 Å². The molecule has 0 N–H and O–H groups in total. The average Bonchev–Trinajstić information content (AvgIpc) is 3.72. The Morgan fingerprint density at radius 2 is 0.657 bits per heavy atom. The van der Waals surface area contributed by atoms with Crippen molar-refractivity contribution < 1.29 is 0 Å². The van der Waals surface area contributed by atoms with E-state index < -0.39 is 5.41 Å². The van der Waals surface area contributed by atoms with Crippen molar-refractivity contribution in [3.63, 3.8) is 0 Å². The summed E-state index contributed by atoms with van der Waals surface area (Å²) in [5, 5.41) is 7.42. The van der Waals surface area contributed by atoms with E-state index >= 15 is 0 Å². The molecule has 0 unspecified atom stereocenters. The van der Waals surface area contributed by atoms with Crippen LogP contribution in [0.2, 0.25) is 0 Å². The van der Waals surface area contributed by atoms with Crippen molar-refractivity contribution in [3.8, 4) is 67.5 Å². The lowest BCUT2D eigenvalue weighted by Gasteiger charge is -2.34. The first-order valence-electron chi connectivity index (χ1n) is 22.9. The lowest BCUT2D eigenvalue weighted by atomic mass is 9.67. The maximum atomic E-state index is 5.01. The second-order valence-corrected chi connectivity index (χ2v) is 17.4. The molecule has 3 heteroatoms. The zero-order chi connectivity index (χ0) is 44.3. The fourth-order valence-electron chi connectivity index (χ4n) is 10.8. The first kappa shape index (κ1) is 38.6. The van der Waals surface area contributed by atoms with Gasteiger partial charge >= 0.3 is 0 Å². The van der Waals surface area contributed by atoms with Gasteiger partial charge in [-0.25, -0.2) is 15.0 Å². The number of rotatable bonds is 7. The van der Waals surface area contributed by atoms with Crippen LogP contribution in [-0.2, 0) is 5.41 Å². The van der Waals surface area contributed by atoms with Gasteiger partial charge < -0.3 is 0 Å². The van der Waals surface area contributed by atoms with Crippen molar-refractivity contribution in [1.82, 2.24) is 15.0 Å². The Hall–Kier alpha value is -8.79. The smallest absolute Gasteiger partial charge is 0.164 e. The molecular weight excluding hydrogens is 811 g/mol. The molecule has 0 saturated carbocycles. The van der Waals surface area contributed by atoms with Gasteiger partial charge in [-0.3, -0.25) is 0 Å². The minimum Gasteiger partial charge on any atom is -0.208 e. The van der Waals surface area contributed by atoms with E-state index in [0.29, 0.717) is 17.5 Å². The molecule has 1 heterocycles. The van der Waals surface area contributed by atoms with Crippen LogP contribution in [0.1, 0.15) is 22.3 Å². The highest BCUT2D eigenvalue weighted by atomic mass is 15.0. The van der Waals surface area contributed by atoms with Crippen LogP contribution in [0.3, 0.4) is 0 Å². The van der Waals surface area contributed by atoms with Gasteiger partial charge in [0, 0.05) is 16.7 Å². The lowest BCUT2D eigenvalue weighted by molar-refractivity contribution is 0.769. The Kier molecular flexibility index (Phi) is 9.07. The van der Waals surface area contributed by atoms with Crippen LogP contribution in [-0.4, -0.2) is 15.0 Å². The maximum Gasteiger partial charge on any atom is 0.164 e. The third-order valence-corrected chi connectivity index (χ3v) is 13.8. The summed E-state index contributed by atoms with van der Waals surface area (Å²) in [6, 6.07) is 89.8. The number of hydrogen-bond acceptors (Lipinski definition) is 3. The zero-order valence-corrected chi connectivity index (χ0v) is 36.5. The van der Waals surface area contributed by atoms with Crippen molar-refractivity contribution >= 4 is 32.3 Å². The van der Waals surface area contributed by atoms with Gasteiger partial charge in [-0.2, -0.15) is 0 Å². The van der Waals surface area contributed by atoms with Crippen LogP contribution in [0, 0.1) is 0 Å². The topological polar surface area (TPSA) is 38.7 Å². The van der Waals surface area contributed by atoms with Crippen LogP contribution in [0.5, 0.6) is 0 Å². The summed E-state index contributed by atoms with van der Waals surface area (Å²) in [6.45, 7) is 0. The molecule has 0 amide bonds. The van der Waals surface area contributed by atoms with Gasteiger partial charge in [0.05, 0.1) is 5.41 Å². The quantitative estimate of drug-likeness (QED) is 0.150. The van der Waals surface area contributed by atoms with E-state index in [0.717, 1.165) is 22.3 Å². The maximum absolute atomic E-state index is 5.01. The summed E-state index contributed by atoms with van der Waals surface area (Å²) in [5.41, 5.74) is 14.8. The molecule has 0 saturated heterocycles. The molecule has 12 aromatic rings. The van der Waals surface area contributed by atoms with Gasteiger partial charge in [-0.1, -0.05) is 237 Å². The Morgan fingerprint density at radius 1 is 0.239 bits per heavy atom. The van der Waals surface area contributed by atoms with E-state index in [1.54, 1.807) is 0 Å². The van der Waals surface area contributed by atoms with Crippen LogP contribution in [0.25, 0.3) is 99.9 Å². The number of hydrogen-bond donors (Lipinski definition) is 0. The number of benzene rings is 11. The van der Waals surface area contributed by atoms with E-state index in [1.165, 1.54) is 82.4 Å². The van der Waals surface area contributed by atoms with Crippen LogP contribution < -0.4 is 0 Å². The standard InChI is InChI=1S/C64H41N3/c1-5-18-43(19-6-1)61-65-62(44-20-7-2-8-21-44)67-63(66-61)45-34-32-42(33-35-45)50-29-17-30-55-51-26-13-14-27-52(51)57-40-46(37-39-56(57)60(50)55)47-36-38-54-53-28-15-16-31-58(53)64(59(54)41-47,48-22-9-3-10-23-48)49-24-11-4-12-25-49/h1-41H. The van der Waals surface area contributed by atoms with E-state index in [1.807, 2.05) is 60.7 Å². The first-order chi connectivity index (χ1) is 33.2. The van der Waals surface area contributed by atoms with Gasteiger partial charge in [-0.05, 0) is 100 Å². The average molecular weight is 852 g/mol. The fraction of sp³-hybridized carbons (Fsp3) is 0.0156. The molecule has 0 atom stereocenters. The highest BCUT2D eigenvalue weighted by Gasteiger charge is 2.46. The summed E-state index contributed by atoms with van der Waals surface area (Å²) < 4.78 is 0. The number of nitrogens with zero attached hydrogens (tertiary/aromatic N) is 3. The van der Waals surface area contributed by atoms with Gasteiger partial charge in [0.2, 0.25) is 0 Å². The molecule has 1 aliphatic carbocycles. The van der Waals surface area contributed by atoms with Crippen LogP contribution in [0.4, 0.5) is 0 Å². The van der Waals surface area contributed by atoms with Crippen molar-refractivity contribution in [2.75, 3.05) is 0 Å². The Bertz CT molecular complexity index is 3730.